The number of sulfonamides is 1. The SMILES string of the molecule is C/C=C/C(C#N)C(NS(=O)(=O)c1ccc(C)cc1)c1ccc(F)cc1. The molecule has 0 radical (unpaired) electrons. The molecule has 25 heavy (non-hydrogen) atoms. The lowest BCUT2D eigenvalue weighted by Crippen LogP contribution is -2.32. The number of hydrogen-bond donors (Lipinski definition) is 1. The minimum atomic E-state index is -3.84. The van der Waals surface area contributed by atoms with Crippen LogP contribution >= 0.6 is 0 Å². The molecule has 0 bridgehead atoms. The maximum Gasteiger partial charge on any atom is 0.241 e. The molecule has 0 saturated carbocycles. The van der Waals surface area contributed by atoms with E-state index in [9.17, 15) is 18.1 Å². The molecule has 0 saturated heterocycles. The van der Waals surface area contributed by atoms with Crippen LogP contribution in [0.15, 0.2) is 65.6 Å². The summed E-state index contributed by atoms with van der Waals surface area (Å²) in [6.07, 6.45) is 3.30. The minimum absolute atomic E-state index is 0.113. The highest BCUT2D eigenvalue weighted by molar-refractivity contribution is 7.89. The fourth-order valence-corrected chi connectivity index (χ4v) is 3.65. The van der Waals surface area contributed by atoms with E-state index in [1.54, 1.807) is 31.2 Å². The highest BCUT2D eigenvalue weighted by Crippen LogP contribution is 2.26. The Morgan fingerprint density at radius 3 is 2.24 bits per heavy atom. The summed E-state index contributed by atoms with van der Waals surface area (Å²) < 4.78 is 41.2. The topological polar surface area (TPSA) is 70.0 Å². The fourth-order valence-electron chi connectivity index (χ4n) is 2.41. The molecule has 2 aromatic carbocycles. The Bertz CT molecular complexity index is 883. The Hall–Kier alpha value is -2.49. The van der Waals surface area contributed by atoms with E-state index in [4.69, 9.17) is 0 Å². The third-order valence-electron chi connectivity index (χ3n) is 3.75. The number of rotatable bonds is 6. The molecule has 0 aliphatic carbocycles. The summed E-state index contributed by atoms with van der Waals surface area (Å²) in [5.74, 6) is -1.15. The van der Waals surface area contributed by atoms with Gasteiger partial charge in [0.1, 0.15) is 5.82 Å². The van der Waals surface area contributed by atoms with E-state index in [1.807, 2.05) is 6.92 Å². The molecule has 2 rings (SSSR count). The smallest absolute Gasteiger partial charge is 0.207 e. The summed E-state index contributed by atoms with van der Waals surface area (Å²) in [7, 11) is -3.84. The summed E-state index contributed by atoms with van der Waals surface area (Å²) in [5.41, 5.74) is 1.46. The van der Waals surface area contributed by atoms with Crippen LogP contribution in [0.3, 0.4) is 0 Å². The van der Waals surface area contributed by atoms with Crippen molar-refractivity contribution < 1.29 is 12.8 Å². The summed E-state index contributed by atoms with van der Waals surface area (Å²) in [6, 6.07) is 13.1. The van der Waals surface area contributed by atoms with Crippen LogP contribution in [0.4, 0.5) is 4.39 Å². The maximum atomic E-state index is 13.2. The van der Waals surface area contributed by atoms with Crippen LogP contribution in [0.25, 0.3) is 0 Å². The average molecular weight is 358 g/mol. The number of nitrogens with one attached hydrogen (secondary N) is 1. The highest BCUT2D eigenvalue weighted by atomic mass is 32.2. The Kier molecular flexibility index (Phi) is 6.07. The Morgan fingerprint density at radius 1 is 1.12 bits per heavy atom. The molecule has 2 unspecified atom stereocenters. The Balaban J connectivity index is 2.43. The molecule has 0 fully saturated rings. The largest absolute Gasteiger partial charge is 0.241 e. The molecule has 0 aliphatic rings. The maximum absolute atomic E-state index is 13.2. The van der Waals surface area contributed by atoms with Crippen molar-refractivity contribution in [3.63, 3.8) is 0 Å². The summed E-state index contributed by atoms with van der Waals surface area (Å²) in [5, 5.41) is 9.44. The minimum Gasteiger partial charge on any atom is -0.207 e. The van der Waals surface area contributed by atoms with Crippen LogP contribution in [0.1, 0.15) is 24.1 Å². The third-order valence-corrected chi connectivity index (χ3v) is 5.21. The van der Waals surface area contributed by atoms with Gasteiger partial charge in [-0.05, 0) is 43.7 Å². The second kappa shape index (κ2) is 8.06. The lowest BCUT2D eigenvalue weighted by Gasteiger charge is -2.22. The zero-order valence-electron chi connectivity index (χ0n) is 14.0. The van der Waals surface area contributed by atoms with Crippen molar-refractivity contribution in [2.24, 2.45) is 5.92 Å². The van der Waals surface area contributed by atoms with Crippen molar-refractivity contribution in [3.8, 4) is 6.07 Å². The van der Waals surface area contributed by atoms with E-state index in [2.05, 4.69) is 10.8 Å². The van der Waals surface area contributed by atoms with Gasteiger partial charge in [-0.1, -0.05) is 42.0 Å². The standard InChI is InChI=1S/C19H19FN2O2S/c1-3-4-16(13-21)19(15-7-9-17(20)10-8-15)22-25(23,24)18-11-5-14(2)6-12-18/h3-12,16,19,22H,1-2H3/b4-3+. The molecule has 0 aliphatic heterocycles. The number of allylic oxidation sites excluding steroid dienone is 1. The number of hydrogen-bond acceptors (Lipinski definition) is 3. The van der Waals surface area contributed by atoms with Gasteiger partial charge in [-0.3, -0.25) is 0 Å². The van der Waals surface area contributed by atoms with E-state index in [-0.39, 0.29) is 4.90 Å². The van der Waals surface area contributed by atoms with Gasteiger partial charge in [0.25, 0.3) is 0 Å². The molecule has 1 N–H and O–H groups in total. The first-order valence-electron chi connectivity index (χ1n) is 7.74. The molecular formula is C19H19FN2O2S. The lowest BCUT2D eigenvalue weighted by molar-refractivity contribution is 0.526. The zero-order valence-corrected chi connectivity index (χ0v) is 14.8. The Morgan fingerprint density at radius 2 is 1.72 bits per heavy atom. The van der Waals surface area contributed by atoms with Crippen LogP contribution in [-0.2, 0) is 10.0 Å². The molecule has 0 spiro atoms. The second-order valence-electron chi connectivity index (χ2n) is 5.64. The highest BCUT2D eigenvalue weighted by Gasteiger charge is 2.27. The van der Waals surface area contributed by atoms with E-state index >= 15 is 0 Å². The van der Waals surface area contributed by atoms with E-state index < -0.39 is 27.8 Å². The van der Waals surface area contributed by atoms with E-state index in [0.717, 1.165) is 5.56 Å². The van der Waals surface area contributed by atoms with Gasteiger partial charge in [-0.15, -0.1) is 0 Å². The van der Waals surface area contributed by atoms with Gasteiger partial charge >= 0.3 is 0 Å². The molecule has 0 amide bonds. The van der Waals surface area contributed by atoms with Crippen LogP contribution in [0, 0.1) is 30.0 Å². The van der Waals surface area contributed by atoms with Crippen LogP contribution < -0.4 is 4.72 Å². The summed E-state index contributed by atoms with van der Waals surface area (Å²) in [4.78, 5) is 0.113. The molecular weight excluding hydrogens is 339 g/mol. The first-order valence-corrected chi connectivity index (χ1v) is 9.22. The molecule has 2 atom stereocenters. The molecule has 0 aromatic heterocycles. The van der Waals surface area contributed by atoms with Crippen LogP contribution in [0.2, 0.25) is 0 Å². The van der Waals surface area contributed by atoms with Crippen molar-refractivity contribution in [3.05, 3.63) is 77.6 Å². The fraction of sp³-hybridized carbons (Fsp3) is 0.211. The lowest BCUT2D eigenvalue weighted by atomic mass is 9.94. The van der Waals surface area contributed by atoms with Crippen molar-refractivity contribution in [2.75, 3.05) is 0 Å². The number of benzene rings is 2. The first-order chi connectivity index (χ1) is 11.9. The van der Waals surface area contributed by atoms with Crippen molar-refractivity contribution >= 4 is 10.0 Å². The molecule has 4 nitrogen and oxygen atoms in total. The summed E-state index contributed by atoms with van der Waals surface area (Å²) in [6.45, 7) is 3.61. The van der Waals surface area contributed by atoms with E-state index in [1.165, 1.54) is 36.4 Å². The van der Waals surface area contributed by atoms with Crippen molar-refractivity contribution in [1.82, 2.24) is 4.72 Å². The quantitative estimate of drug-likeness (QED) is 0.797. The van der Waals surface area contributed by atoms with Gasteiger partial charge in [0.05, 0.1) is 22.9 Å². The van der Waals surface area contributed by atoms with Gasteiger partial charge in [0.2, 0.25) is 10.0 Å². The van der Waals surface area contributed by atoms with Crippen LogP contribution in [-0.4, -0.2) is 8.42 Å². The monoisotopic (exact) mass is 358 g/mol. The Labute approximate surface area is 147 Å². The third kappa shape index (κ3) is 4.75. The molecule has 130 valence electrons. The van der Waals surface area contributed by atoms with Crippen molar-refractivity contribution in [2.45, 2.75) is 24.8 Å². The number of nitriles is 1. The molecule has 6 heteroatoms. The first kappa shape index (κ1) is 18.8. The number of aryl methyl sites for hydroxylation is 1. The summed E-state index contributed by atoms with van der Waals surface area (Å²) >= 11 is 0. The van der Waals surface area contributed by atoms with Gasteiger partial charge in [0, 0.05) is 0 Å². The zero-order chi connectivity index (χ0) is 18.4. The van der Waals surface area contributed by atoms with Gasteiger partial charge < -0.3 is 0 Å². The van der Waals surface area contributed by atoms with E-state index in [0.29, 0.717) is 5.56 Å². The van der Waals surface area contributed by atoms with Gasteiger partial charge in [-0.2, -0.15) is 5.26 Å². The average Bonchev–Trinajstić information content (AvgIpc) is 2.59. The normalized spacial score (nSPS) is 14.2. The molecule has 2 aromatic rings. The number of halogens is 1. The van der Waals surface area contributed by atoms with Gasteiger partial charge in [-0.25, -0.2) is 17.5 Å². The molecule has 0 heterocycles. The predicted octanol–water partition coefficient (Wildman–Crippen LogP) is 3.87. The predicted molar refractivity (Wildman–Crippen MR) is 94.6 cm³/mol. The van der Waals surface area contributed by atoms with Crippen molar-refractivity contribution in [1.29, 1.82) is 5.26 Å². The second-order valence-corrected chi connectivity index (χ2v) is 7.36. The number of nitrogens with zero attached hydrogens (tertiary/aromatic N) is 1. The van der Waals surface area contributed by atoms with Gasteiger partial charge in [0.15, 0.2) is 0 Å². The van der Waals surface area contributed by atoms with Crippen LogP contribution in [0.5, 0.6) is 0 Å².